The van der Waals surface area contributed by atoms with Crippen molar-refractivity contribution in [3.8, 4) is 11.8 Å². The number of anilines is 1. The van der Waals surface area contributed by atoms with Crippen molar-refractivity contribution in [2.24, 2.45) is 0 Å². The van der Waals surface area contributed by atoms with Gasteiger partial charge in [-0.3, -0.25) is 8.71 Å². The van der Waals surface area contributed by atoms with Gasteiger partial charge in [0.1, 0.15) is 23.0 Å². The second-order valence-corrected chi connectivity index (χ2v) is 7.07. The van der Waals surface area contributed by atoms with Crippen molar-refractivity contribution in [2.75, 3.05) is 18.0 Å². The number of fused-ring (bicyclic) bond motifs is 1. The summed E-state index contributed by atoms with van der Waals surface area (Å²) in [6, 6.07) is 11.4. The van der Waals surface area contributed by atoms with Gasteiger partial charge in [0.2, 0.25) is 0 Å². The third-order valence-electron chi connectivity index (χ3n) is 3.71. The summed E-state index contributed by atoms with van der Waals surface area (Å²) < 4.78 is 33.8. The number of hydrogen-bond acceptors (Lipinski definition) is 6. The van der Waals surface area contributed by atoms with Gasteiger partial charge in [-0.15, -0.1) is 10.2 Å². The molecule has 0 fully saturated rings. The highest BCUT2D eigenvalue weighted by molar-refractivity contribution is 7.92. The maximum absolute atomic E-state index is 13.0. The summed E-state index contributed by atoms with van der Waals surface area (Å²) in [4.78, 5) is 0.0500. The first-order valence-electron chi connectivity index (χ1n) is 7.32. The molecule has 9 heteroatoms. The molecular formula is C16H15N5O3S. The lowest BCUT2D eigenvalue weighted by Crippen LogP contribution is -2.31. The van der Waals surface area contributed by atoms with Gasteiger partial charge in [-0.2, -0.15) is 5.26 Å². The largest absolute Gasteiger partial charge is 0.497 e. The Morgan fingerprint density at radius 2 is 1.92 bits per heavy atom. The Labute approximate surface area is 145 Å². The quantitative estimate of drug-likeness (QED) is 0.645. The van der Waals surface area contributed by atoms with Gasteiger partial charge in [0.25, 0.3) is 10.0 Å². The third kappa shape index (κ3) is 2.99. The number of ether oxygens (including phenoxy) is 1. The van der Waals surface area contributed by atoms with Crippen molar-refractivity contribution < 1.29 is 13.2 Å². The second-order valence-electron chi connectivity index (χ2n) is 5.21. The summed E-state index contributed by atoms with van der Waals surface area (Å²) in [5.74, 6) is 1.17. The minimum Gasteiger partial charge on any atom is -0.497 e. The van der Waals surface area contributed by atoms with E-state index in [9.17, 15) is 8.42 Å². The van der Waals surface area contributed by atoms with Crippen LogP contribution in [0.4, 0.5) is 5.69 Å². The van der Waals surface area contributed by atoms with Crippen molar-refractivity contribution in [2.45, 2.75) is 11.8 Å². The van der Waals surface area contributed by atoms with Crippen LogP contribution < -0.4 is 9.04 Å². The predicted molar refractivity (Wildman–Crippen MR) is 90.9 cm³/mol. The van der Waals surface area contributed by atoms with Crippen LogP contribution in [0.25, 0.3) is 5.65 Å². The molecule has 128 valence electrons. The van der Waals surface area contributed by atoms with E-state index in [2.05, 4.69) is 10.2 Å². The van der Waals surface area contributed by atoms with E-state index in [1.807, 2.05) is 6.07 Å². The molecule has 2 aromatic heterocycles. The molecule has 0 aliphatic carbocycles. The molecule has 0 aliphatic rings. The lowest BCUT2D eigenvalue weighted by molar-refractivity contribution is 0.415. The van der Waals surface area contributed by atoms with Crippen LogP contribution >= 0.6 is 0 Å². The first-order chi connectivity index (χ1) is 12.0. The molecule has 25 heavy (non-hydrogen) atoms. The van der Waals surface area contributed by atoms with E-state index in [-0.39, 0.29) is 11.4 Å². The van der Waals surface area contributed by atoms with Crippen LogP contribution in [0.3, 0.4) is 0 Å². The van der Waals surface area contributed by atoms with Crippen LogP contribution in [-0.4, -0.2) is 36.7 Å². The maximum Gasteiger partial charge on any atom is 0.266 e. The molecule has 0 aliphatic heterocycles. The van der Waals surface area contributed by atoms with E-state index < -0.39 is 10.0 Å². The van der Waals surface area contributed by atoms with E-state index in [4.69, 9.17) is 10.00 Å². The fraction of sp³-hybridized carbons (Fsp3) is 0.188. The first kappa shape index (κ1) is 16.7. The second kappa shape index (κ2) is 6.41. The number of benzene rings is 1. The summed E-state index contributed by atoms with van der Waals surface area (Å²) in [5, 5.41) is 16.9. The number of sulfonamides is 1. The molecule has 2 heterocycles. The Morgan fingerprint density at radius 3 is 2.56 bits per heavy atom. The lowest BCUT2D eigenvalue weighted by Gasteiger charge is -2.22. The first-order valence-corrected chi connectivity index (χ1v) is 8.76. The van der Waals surface area contributed by atoms with Crippen molar-refractivity contribution >= 4 is 21.4 Å². The van der Waals surface area contributed by atoms with Crippen LogP contribution in [0.1, 0.15) is 5.82 Å². The summed E-state index contributed by atoms with van der Waals surface area (Å²) in [6.07, 6.45) is 1.45. The standard InChI is InChI=1S/C16H15N5O3S/c1-12-18-19-16-8-7-15(11-20(12)16)25(22,23)21(10-9-17)13-3-5-14(24-2)6-4-13/h3-8,11H,10H2,1-2H3. The SMILES string of the molecule is COc1ccc(N(CC#N)S(=O)(=O)c2ccc3nnc(C)n3c2)cc1. The number of hydrogen-bond donors (Lipinski definition) is 0. The number of aromatic nitrogens is 3. The van der Waals surface area contributed by atoms with E-state index in [1.54, 1.807) is 41.7 Å². The number of rotatable bonds is 5. The molecule has 0 bridgehead atoms. The van der Waals surface area contributed by atoms with E-state index in [1.165, 1.54) is 19.4 Å². The Morgan fingerprint density at radius 1 is 1.20 bits per heavy atom. The molecule has 0 N–H and O–H groups in total. The number of methoxy groups -OCH3 is 1. The van der Waals surface area contributed by atoms with Crippen LogP contribution in [0.15, 0.2) is 47.5 Å². The lowest BCUT2D eigenvalue weighted by atomic mass is 10.3. The molecule has 0 atom stereocenters. The number of nitriles is 1. The summed E-state index contributed by atoms with van der Waals surface area (Å²) in [7, 11) is -2.41. The zero-order valence-corrected chi connectivity index (χ0v) is 14.4. The molecule has 0 saturated heterocycles. The van der Waals surface area contributed by atoms with Crippen molar-refractivity contribution in [3.05, 3.63) is 48.4 Å². The molecule has 0 spiro atoms. The maximum atomic E-state index is 13.0. The van der Waals surface area contributed by atoms with Gasteiger partial charge in [-0.1, -0.05) is 0 Å². The summed E-state index contributed by atoms with van der Waals surface area (Å²) >= 11 is 0. The zero-order valence-electron chi connectivity index (χ0n) is 13.6. The average Bonchev–Trinajstić information content (AvgIpc) is 3.00. The van der Waals surface area contributed by atoms with Gasteiger partial charge in [-0.05, 0) is 43.3 Å². The van der Waals surface area contributed by atoms with Crippen LogP contribution in [0, 0.1) is 18.3 Å². The van der Waals surface area contributed by atoms with Gasteiger partial charge in [-0.25, -0.2) is 8.42 Å². The minimum absolute atomic E-state index is 0.0500. The van der Waals surface area contributed by atoms with Crippen LogP contribution in [-0.2, 0) is 10.0 Å². The normalized spacial score (nSPS) is 11.2. The van der Waals surface area contributed by atoms with Crippen LogP contribution in [0.5, 0.6) is 5.75 Å². The fourth-order valence-corrected chi connectivity index (χ4v) is 3.75. The van der Waals surface area contributed by atoms with Crippen molar-refractivity contribution in [1.29, 1.82) is 5.26 Å². The van der Waals surface area contributed by atoms with Crippen molar-refractivity contribution in [3.63, 3.8) is 0 Å². The summed E-state index contributed by atoms with van der Waals surface area (Å²) in [6.45, 7) is 1.42. The van der Waals surface area contributed by atoms with E-state index in [0.717, 1.165) is 4.31 Å². The number of nitrogens with zero attached hydrogens (tertiary/aromatic N) is 5. The third-order valence-corrected chi connectivity index (χ3v) is 5.47. The van der Waals surface area contributed by atoms with Gasteiger partial charge >= 0.3 is 0 Å². The van der Waals surface area contributed by atoms with Crippen LogP contribution in [0.2, 0.25) is 0 Å². The predicted octanol–water partition coefficient (Wildman–Crippen LogP) is 1.77. The number of pyridine rings is 1. The molecule has 3 rings (SSSR count). The Hall–Kier alpha value is -3.12. The Kier molecular flexibility index (Phi) is 4.29. The Balaban J connectivity index is 2.09. The topological polar surface area (TPSA) is 101 Å². The molecule has 0 amide bonds. The monoisotopic (exact) mass is 357 g/mol. The van der Waals surface area contributed by atoms with Gasteiger partial charge in [0.05, 0.1) is 18.9 Å². The fourth-order valence-electron chi connectivity index (χ4n) is 2.39. The van der Waals surface area contributed by atoms with Gasteiger partial charge < -0.3 is 4.74 Å². The van der Waals surface area contributed by atoms with Gasteiger partial charge in [0.15, 0.2) is 5.65 Å². The highest BCUT2D eigenvalue weighted by atomic mass is 32.2. The highest BCUT2D eigenvalue weighted by Gasteiger charge is 2.25. The molecule has 0 unspecified atom stereocenters. The molecule has 0 radical (unpaired) electrons. The molecule has 0 saturated carbocycles. The number of aryl methyl sites for hydroxylation is 1. The highest BCUT2D eigenvalue weighted by Crippen LogP contribution is 2.25. The Bertz CT molecular complexity index is 1050. The molecule has 8 nitrogen and oxygen atoms in total. The minimum atomic E-state index is -3.93. The smallest absolute Gasteiger partial charge is 0.266 e. The average molecular weight is 357 g/mol. The molecular weight excluding hydrogens is 342 g/mol. The van der Waals surface area contributed by atoms with Crippen molar-refractivity contribution in [1.82, 2.24) is 14.6 Å². The van der Waals surface area contributed by atoms with E-state index >= 15 is 0 Å². The van der Waals surface area contributed by atoms with Gasteiger partial charge in [0, 0.05) is 6.20 Å². The summed E-state index contributed by atoms with van der Waals surface area (Å²) in [5.41, 5.74) is 0.927. The molecule has 3 aromatic rings. The molecule has 1 aromatic carbocycles. The van der Waals surface area contributed by atoms with E-state index in [0.29, 0.717) is 22.9 Å². The zero-order chi connectivity index (χ0) is 18.0.